The number of rotatable bonds is 6. The molecule has 2 aliphatic heterocycles. The molecule has 0 saturated carbocycles. The van der Waals surface area contributed by atoms with E-state index in [0.717, 1.165) is 58.5 Å². The molecular formula is C24H33N3O2. The molecule has 0 radical (unpaired) electrons. The number of piperidine rings is 1. The maximum Gasteiger partial charge on any atom is 0.222 e. The lowest BCUT2D eigenvalue weighted by Crippen LogP contribution is -2.41. The van der Waals surface area contributed by atoms with Gasteiger partial charge in [-0.3, -0.25) is 4.79 Å². The van der Waals surface area contributed by atoms with Crippen molar-refractivity contribution >= 4 is 5.91 Å². The molecule has 1 amide bonds. The minimum atomic E-state index is 0.297. The molecule has 0 aliphatic carbocycles. The lowest BCUT2D eigenvalue weighted by Gasteiger charge is -2.34. The minimum absolute atomic E-state index is 0.297. The third-order valence-corrected chi connectivity index (χ3v) is 6.46. The van der Waals surface area contributed by atoms with E-state index in [1.165, 1.54) is 23.5 Å². The Hall–Kier alpha value is -2.14. The van der Waals surface area contributed by atoms with Crippen LogP contribution in [0, 0.1) is 12.8 Å². The van der Waals surface area contributed by atoms with Crippen LogP contribution in [0.2, 0.25) is 0 Å². The Balaban J connectivity index is 1.35. The predicted octanol–water partition coefficient (Wildman–Crippen LogP) is 3.96. The summed E-state index contributed by atoms with van der Waals surface area (Å²) in [6.07, 6.45) is 7.85. The highest BCUT2D eigenvalue weighted by Crippen LogP contribution is 2.28. The van der Waals surface area contributed by atoms with Crippen LogP contribution in [-0.2, 0) is 22.5 Å². The molecule has 5 heteroatoms. The van der Waals surface area contributed by atoms with Gasteiger partial charge in [0.1, 0.15) is 5.82 Å². The highest BCUT2D eigenvalue weighted by Gasteiger charge is 2.27. The Kier molecular flexibility index (Phi) is 6.65. The molecule has 3 heterocycles. The lowest BCUT2D eigenvalue weighted by atomic mass is 9.95. The molecule has 4 rings (SSSR count). The summed E-state index contributed by atoms with van der Waals surface area (Å²) in [5.74, 6) is 2.53. The summed E-state index contributed by atoms with van der Waals surface area (Å²) in [7, 11) is 0. The number of nitrogens with zero attached hydrogens (tertiary/aromatic N) is 3. The van der Waals surface area contributed by atoms with Gasteiger partial charge in [-0.1, -0.05) is 30.3 Å². The van der Waals surface area contributed by atoms with Crippen LogP contribution in [0.4, 0.5) is 0 Å². The van der Waals surface area contributed by atoms with E-state index < -0.39 is 0 Å². The van der Waals surface area contributed by atoms with Gasteiger partial charge in [-0.25, -0.2) is 4.98 Å². The van der Waals surface area contributed by atoms with Crippen molar-refractivity contribution in [3.05, 3.63) is 53.6 Å². The number of hydrogen-bond acceptors (Lipinski definition) is 3. The first kappa shape index (κ1) is 20.1. The molecule has 156 valence electrons. The normalized spacial score (nSPS) is 20.7. The van der Waals surface area contributed by atoms with Crippen LogP contribution in [0.15, 0.2) is 36.5 Å². The second-order valence-electron chi connectivity index (χ2n) is 8.59. The van der Waals surface area contributed by atoms with Crippen molar-refractivity contribution < 1.29 is 9.53 Å². The van der Waals surface area contributed by atoms with Gasteiger partial charge in [-0.2, -0.15) is 0 Å². The second kappa shape index (κ2) is 9.57. The molecule has 1 aromatic carbocycles. The van der Waals surface area contributed by atoms with Gasteiger partial charge in [0.2, 0.25) is 5.91 Å². The van der Waals surface area contributed by atoms with Crippen LogP contribution >= 0.6 is 0 Å². The van der Waals surface area contributed by atoms with Crippen LogP contribution in [0.3, 0.4) is 0 Å². The number of benzene rings is 1. The zero-order valence-corrected chi connectivity index (χ0v) is 17.6. The topological polar surface area (TPSA) is 47.4 Å². The first-order valence-corrected chi connectivity index (χ1v) is 11.1. The lowest BCUT2D eigenvalue weighted by molar-refractivity contribution is -0.133. The average Bonchev–Trinajstić information content (AvgIpc) is 3.13. The summed E-state index contributed by atoms with van der Waals surface area (Å²) in [6.45, 7) is 6.58. The Morgan fingerprint density at radius 1 is 1.17 bits per heavy atom. The van der Waals surface area contributed by atoms with Crippen molar-refractivity contribution in [2.45, 2.75) is 57.9 Å². The standard InChI is InChI=1S/C24H33N3O2/c1-19-16-25-24(22-11-14-29-15-12-22)27(19)18-21-8-5-13-26(17-21)23(28)10-9-20-6-3-2-4-7-20/h2-4,6-7,16,21-22H,5,8-15,17-18H2,1H3. The summed E-state index contributed by atoms with van der Waals surface area (Å²) in [4.78, 5) is 19.6. The fourth-order valence-electron chi connectivity index (χ4n) is 4.75. The predicted molar refractivity (Wildman–Crippen MR) is 114 cm³/mol. The maximum absolute atomic E-state index is 12.8. The number of aryl methyl sites for hydroxylation is 2. The average molecular weight is 396 g/mol. The zero-order valence-electron chi connectivity index (χ0n) is 17.6. The molecule has 2 aromatic rings. The first-order valence-electron chi connectivity index (χ1n) is 11.1. The largest absolute Gasteiger partial charge is 0.381 e. The van der Waals surface area contributed by atoms with E-state index in [-0.39, 0.29) is 0 Å². The van der Waals surface area contributed by atoms with E-state index in [4.69, 9.17) is 9.72 Å². The van der Waals surface area contributed by atoms with Gasteiger partial charge in [-0.05, 0) is 50.5 Å². The van der Waals surface area contributed by atoms with Crippen LogP contribution in [-0.4, -0.2) is 46.7 Å². The smallest absolute Gasteiger partial charge is 0.222 e. The van der Waals surface area contributed by atoms with E-state index in [1.807, 2.05) is 24.4 Å². The maximum atomic E-state index is 12.8. The summed E-state index contributed by atoms with van der Waals surface area (Å²) < 4.78 is 7.95. The Morgan fingerprint density at radius 3 is 2.76 bits per heavy atom. The number of amides is 1. The van der Waals surface area contributed by atoms with Gasteiger partial charge in [0.15, 0.2) is 0 Å². The van der Waals surface area contributed by atoms with E-state index in [0.29, 0.717) is 24.2 Å². The van der Waals surface area contributed by atoms with Crippen LogP contribution in [0.5, 0.6) is 0 Å². The third-order valence-electron chi connectivity index (χ3n) is 6.46. The fraction of sp³-hybridized carbons (Fsp3) is 0.583. The third kappa shape index (κ3) is 5.08. The van der Waals surface area contributed by atoms with Crippen LogP contribution < -0.4 is 0 Å². The fourth-order valence-corrected chi connectivity index (χ4v) is 4.75. The van der Waals surface area contributed by atoms with Gasteiger partial charge in [0.05, 0.1) is 0 Å². The highest BCUT2D eigenvalue weighted by molar-refractivity contribution is 5.76. The Morgan fingerprint density at radius 2 is 1.97 bits per heavy atom. The van der Waals surface area contributed by atoms with Gasteiger partial charge >= 0.3 is 0 Å². The molecule has 1 atom stereocenters. The molecule has 2 saturated heterocycles. The molecule has 5 nitrogen and oxygen atoms in total. The SMILES string of the molecule is Cc1cnc(C2CCOCC2)n1CC1CCCN(C(=O)CCc2ccccc2)C1. The zero-order chi connectivity index (χ0) is 20.1. The molecule has 0 bridgehead atoms. The monoisotopic (exact) mass is 395 g/mol. The van der Waals surface area contributed by atoms with Gasteiger partial charge in [0.25, 0.3) is 0 Å². The van der Waals surface area contributed by atoms with Crippen LogP contribution in [0.25, 0.3) is 0 Å². The molecule has 29 heavy (non-hydrogen) atoms. The molecule has 1 unspecified atom stereocenters. The number of carbonyl (C=O) groups excluding carboxylic acids is 1. The van der Waals surface area contributed by atoms with E-state index in [9.17, 15) is 4.79 Å². The number of likely N-dealkylation sites (tertiary alicyclic amines) is 1. The summed E-state index contributed by atoms with van der Waals surface area (Å²) in [5.41, 5.74) is 2.48. The quantitative estimate of drug-likeness (QED) is 0.744. The van der Waals surface area contributed by atoms with E-state index in [2.05, 4.69) is 28.5 Å². The van der Waals surface area contributed by atoms with Gasteiger partial charge in [-0.15, -0.1) is 0 Å². The molecule has 0 N–H and O–H groups in total. The number of aromatic nitrogens is 2. The van der Waals surface area contributed by atoms with Crippen molar-refractivity contribution in [1.82, 2.24) is 14.5 Å². The highest BCUT2D eigenvalue weighted by atomic mass is 16.5. The number of carbonyl (C=O) groups is 1. The minimum Gasteiger partial charge on any atom is -0.381 e. The second-order valence-corrected chi connectivity index (χ2v) is 8.59. The number of imidazole rings is 1. The van der Waals surface area contributed by atoms with Crippen LogP contribution in [0.1, 0.15) is 55.1 Å². The van der Waals surface area contributed by atoms with Crippen molar-refractivity contribution in [3.8, 4) is 0 Å². The summed E-state index contributed by atoms with van der Waals surface area (Å²) >= 11 is 0. The summed E-state index contributed by atoms with van der Waals surface area (Å²) in [5, 5.41) is 0. The molecule has 2 aliphatic rings. The molecule has 1 aromatic heterocycles. The van der Waals surface area contributed by atoms with Crippen molar-refractivity contribution in [3.63, 3.8) is 0 Å². The first-order chi connectivity index (χ1) is 14.2. The molecule has 2 fully saturated rings. The van der Waals surface area contributed by atoms with Crippen molar-refractivity contribution in [2.24, 2.45) is 5.92 Å². The van der Waals surface area contributed by atoms with Crippen molar-refractivity contribution in [1.29, 1.82) is 0 Å². The summed E-state index contributed by atoms with van der Waals surface area (Å²) in [6, 6.07) is 10.3. The van der Waals surface area contributed by atoms with Gasteiger partial charge in [0, 0.05) is 57.1 Å². The Bertz CT molecular complexity index is 796. The van der Waals surface area contributed by atoms with Gasteiger partial charge < -0.3 is 14.2 Å². The van der Waals surface area contributed by atoms with E-state index in [1.54, 1.807) is 0 Å². The van der Waals surface area contributed by atoms with Crippen molar-refractivity contribution in [2.75, 3.05) is 26.3 Å². The number of ether oxygens (including phenoxy) is 1. The van der Waals surface area contributed by atoms with E-state index >= 15 is 0 Å². The molecule has 0 spiro atoms. The Labute approximate surface area is 174 Å². The molecular weight excluding hydrogens is 362 g/mol. The number of hydrogen-bond donors (Lipinski definition) is 0.